The Morgan fingerprint density at radius 3 is 2.83 bits per heavy atom. The van der Waals surface area contributed by atoms with E-state index < -0.39 is 0 Å². The number of aromatic nitrogens is 2. The molecule has 2 aromatic rings. The van der Waals surface area contributed by atoms with Crippen molar-refractivity contribution in [2.75, 3.05) is 13.1 Å². The zero-order chi connectivity index (χ0) is 16.1. The second-order valence-corrected chi connectivity index (χ2v) is 5.37. The molecule has 1 aliphatic rings. The van der Waals surface area contributed by atoms with Gasteiger partial charge in [0.1, 0.15) is 12.4 Å². The quantitative estimate of drug-likeness (QED) is 0.867. The summed E-state index contributed by atoms with van der Waals surface area (Å²) in [6.07, 6.45) is 4.78. The Hall–Kier alpha value is -2.94. The van der Waals surface area contributed by atoms with Gasteiger partial charge >= 0.3 is 0 Å². The number of carbonyl (C=O) groups is 1. The van der Waals surface area contributed by atoms with Gasteiger partial charge in [0.15, 0.2) is 0 Å². The van der Waals surface area contributed by atoms with Gasteiger partial charge in [-0.1, -0.05) is 0 Å². The zero-order valence-electron chi connectivity index (χ0n) is 12.6. The summed E-state index contributed by atoms with van der Waals surface area (Å²) in [7, 11) is 0. The molecule has 23 heavy (non-hydrogen) atoms. The summed E-state index contributed by atoms with van der Waals surface area (Å²) >= 11 is 0. The van der Waals surface area contributed by atoms with Crippen LogP contribution in [0.25, 0.3) is 0 Å². The summed E-state index contributed by atoms with van der Waals surface area (Å²) in [6.45, 7) is 1.24. The molecule has 0 radical (unpaired) electrons. The monoisotopic (exact) mass is 308 g/mol. The maximum Gasteiger partial charge on any atom is 0.253 e. The van der Waals surface area contributed by atoms with E-state index in [4.69, 9.17) is 10.00 Å². The van der Waals surface area contributed by atoms with Gasteiger partial charge in [0.2, 0.25) is 5.88 Å². The van der Waals surface area contributed by atoms with E-state index in [-0.39, 0.29) is 12.0 Å². The molecule has 0 aliphatic carbocycles. The number of carbonyl (C=O) groups excluding carboxylic acids is 1. The van der Waals surface area contributed by atoms with E-state index in [2.05, 4.69) is 16.0 Å². The van der Waals surface area contributed by atoms with Gasteiger partial charge in [0.25, 0.3) is 5.91 Å². The molecule has 3 rings (SSSR count). The van der Waals surface area contributed by atoms with Crippen LogP contribution in [0.3, 0.4) is 0 Å². The number of benzene rings is 1. The summed E-state index contributed by atoms with van der Waals surface area (Å²) in [5.74, 6) is 0.489. The molecular weight excluding hydrogens is 292 g/mol. The van der Waals surface area contributed by atoms with Crippen LogP contribution in [-0.4, -0.2) is 40.0 Å². The average molecular weight is 308 g/mol. The van der Waals surface area contributed by atoms with Crippen LogP contribution in [0, 0.1) is 11.3 Å². The summed E-state index contributed by atoms with van der Waals surface area (Å²) < 4.78 is 5.82. The molecule has 6 nitrogen and oxygen atoms in total. The number of hydrogen-bond acceptors (Lipinski definition) is 5. The minimum Gasteiger partial charge on any atom is -0.472 e. The van der Waals surface area contributed by atoms with E-state index in [0.29, 0.717) is 30.1 Å². The molecule has 1 amide bonds. The molecule has 6 heteroatoms. The minimum atomic E-state index is -0.0685. The lowest BCUT2D eigenvalue weighted by Crippen LogP contribution is -2.44. The van der Waals surface area contributed by atoms with Gasteiger partial charge in [-0.25, -0.2) is 9.97 Å². The fourth-order valence-electron chi connectivity index (χ4n) is 2.61. The number of likely N-dealkylation sites (tertiary alicyclic amines) is 1. The molecule has 0 bridgehead atoms. The van der Waals surface area contributed by atoms with Gasteiger partial charge in [0, 0.05) is 24.4 Å². The summed E-state index contributed by atoms with van der Waals surface area (Å²) in [6, 6.07) is 10.5. The molecule has 1 unspecified atom stereocenters. The van der Waals surface area contributed by atoms with Crippen molar-refractivity contribution in [3.05, 3.63) is 54.0 Å². The predicted octanol–water partition coefficient (Wildman–Crippen LogP) is 2.03. The van der Waals surface area contributed by atoms with Crippen molar-refractivity contribution in [3.8, 4) is 11.9 Å². The molecule has 0 spiro atoms. The first-order valence-corrected chi connectivity index (χ1v) is 7.48. The molecule has 1 saturated heterocycles. The molecule has 0 saturated carbocycles. The molecule has 116 valence electrons. The Morgan fingerprint density at radius 2 is 2.13 bits per heavy atom. The number of amides is 1. The second-order valence-electron chi connectivity index (χ2n) is 5.37. The van der Waals surface area contributed by atoms with Crippen LogP contribution in [0.1, 0.15) is 28.8 Å². The van der Waals surface area contributed by atoms with Crippen molar-refractivity contribution in [3.63, 3.8) is 0 Å². The van der Waals surface area contributed by atoms with Gasteiger partial charge in [-0.3, -0.25) is 4.79 Å². The lowest BCUT2D eigenvalue weighted by Gasteiger charge is -2.32. The maximum atomic E-state index is 12.6. The highest BCUT2D eigenvalue weighted by Gasteiger charge is 2.25. The number of nitriles is 1. The van der Waals surface area contributed by atoms with Gasteiger partial charge < -0.3 is 9.64 Å². The lowest BCUT2D eigenvalue weighted by molar-refractivity contribution is 0.0527. The first-order chi connectivity index (χ1) is 11.3. The molecule has 1 aliphatic heterocycles. The van der Waals surface area contributed by atoms with Gasteiger partial charge in [-0.15, -0.1) is 0 Å². The molecule has 1 atom stereocenters. The van der Waals surface area contributed by atoms with Crippen molar-refractivity contribution >= 4 is 5.91 Å². The van der Waals surface area contributed by atoms with Crippen LogP contribution >= 0.6 is 0 Å². The van der Waals surface area contributed by atoms with E-state index in [1.807, 2.05) is 0 Å². The third-order valence-corrected chi connectivity index (χ3v) is 3.77. The average Bonchev–Trinajstić information content (AvgIpc) is 2.62. The molecule has 2 heterocycles. The second kappa shape index (κ2) is 6.88. The SMILES string of the molecule is N#Cc1ccc(C(=O)N2CCCC(Oc3ccncn3)C2)cc1. The van der Waals surface area contributed by atoms with Crippen LogP contribution in [0.5, 0.6) is 5.88 Å². The summed E-state index contributed by atoms with van der Waals surface area (Å²) in [5.41, 5.74) is 1.14. The van der Waals surface area contributed by atoms with Crippen LogP contribution in [0.2, 0.25) is 0 Å². The van der Waals surface area contributed by atoms with E-state index in [0.717, 1.165) is 12.8 Å². The zero-order valence-corrected chi connectivity index (χ0v) is 12.6. The predicted molar refractivity (Wildman–Crippen MR) is 82.7 cm³/mol. The van der Waals surface area contributed by atoms with Crippen molar-refractivity contribution in [1.82, 2.24) is 14.9 Å². The highest BCUT2D eigenvalue weighted by atomic mass is 16.5. The Bertz CT molecular complexity index is 710. The van der Waals surface area contributed by atoms with Crippen molar-refractivity contribution in [2.24, 2.45) is 0 Å². The summed E-state index contributed by atoms with van der Waals surface area (Å²) in [5, 5.41) is 8.82. The smallest absolute Gasteiger partial charge is 0.253 e. The van der Waals surface area contributed by atoms with Crippen LogP contribution in [-0.2, 0) is 0 Å². The van der Waals surface area contributed by atoms with Gasteiger partial charge in [0.05, 0.1) is 18.2 Å². The van der Waals surface area contributed by atoms with Crippen molar-refractivity contribution < 1.29 is 9.53 Å². The highest BCUT2D eigenvalue weighted by Crippen LogP contribution is 2.18. The highest BCUT2D eigenvalue weighted by molar-refractivity contribution is 5.94. The molecule has 1 aromatic heterocycles. The normalized spacial score (nSPS) is 17.3. The van der Waals surface area contributed by atoms with Gasteiger partial charge in [-0.2, -0.15) is 5.26 Å². The fourth-order valence-corrected chi connectivity index (χ4v) is 2.61. The van der Waals surface area contributed by atoms with Crippen LogP contribution < -0.4 is 4.74 Å². The van der Waals surface area contributed by atoms with E-state index in [1.165, 1.54) is 6.33 Å². The lowest BCUT2D eigenvalue weighted by atomic mass is 10.1. The number of rotatable bonds is 3. The fraction of sp³-hybridized carbons (Fsp3) is 0.294. The minimum absolute atomic E-state index is 0.0366. The third kappa shape index (κ3) is 3.64. The number of ether oxygens (including phenoxy) is 1. The standard InChI is InChI=1S/C17H16N4O2/c18-10-13-3-5-14(6-4-13)17(22)21-9-1-2-15(11-21)23-16-7-8-19-12-20-16/h3-8,12,15H,1-2,9,11H2. The summed E-state index contributed by atoms with van der Waals surface area (Å²) in [4.78, 5) is 22.3. The van der Waals surface area contributed by atoms with E-state index in [1.54, 1.807) is 41.4 Å². The Kier molecular flexibility index (Phi) is 4.48. The van der Waals surface area contributed by atoms with Gasteiger partial charge in [-0.05, 0) is 37.1 Å². The first kappa shape index (κ1) is 15.0. The third-order valence-electron chi connectivity index (χ3n) is 3.77. The number of nitrogens with zero attached hydrogens (tertiary/aromatic N) is 4. The molecule has 1 aromatic carbocycles. The van der Waals surface area contributed by atoms with Crippen LogP contribution in [0.4, 0.5) is 0 Å². The Morgan fingerprint density at radius 1 is 1.30 bits per heavy atom. The van der Waals surface area contributed by atoms with Crippen LogP contribution in [0.15, 0.2) is 42.9 Å². The van der Waals surface area contributed by atoms with E-state index in [9.17, 15) is 4.79 Å². The topological polar surface area (TPSA) is 79.1 Å². The largest absolute Gasteiger partial charge is 0.472 e. The van der Waals surface area contributed by atoms with E-state index >= 15 is 0 Å². The first-order valence-electron chi connectivity index (χ1n) is 7.48. The van der Waals surface area contributed by atoms with Crippen molar-refractivity contribution in [2.45, 2.75) is 18.9 Å². The Balaban J connectivity index is 1.65. The number of hydrogen-bond donors (Lipinski definition) is 0. The Labute approximate surface area is 134 Å². The molecule has 1 fully saturated rings. The maximum absolute atomic E-state index is 12.6. The molecule has 0 N–H and O–H groups in total. The molecular formula is C17H16N4O2. The van der Waals surface area contributed by atoms with Crippen molar-refractivity contribution in [1.29, 1.82) is 5.26 Å². The number of piperidine rings is 1.